The largest absolute Gasteiger partial charge is 0.416 e. The van der Waals surface area contributed by atoms with E-state index in [0.29, 0.717) is 38.6 Å². The van der Waals surface area contributed by atoms with Gasteiger partial charge in [-0.3, -0.25) is 0 Å². The third-order valence-electron chi connectivity index (χ3n) is 3.78. The molecule has 1 aromatic rings. The van der Waals surface area contributed by atoms with Crippen LogP contribution in [-0.4, -0.2) is 39.5 Å². The molecule has 124 valence electrons. The molecule has 0 aromatic heterocycles. The van der Waals surface area contributed by atoms with Gasteiger partial charge in [-0.25, -0.2) is 8.42 Å². The Morgan fingerprint density at radius 2 is 1.91 bits per heavy atom. The van der Waals surface area contributed by atoms with Crippen LogP contribution in [0.2, 0.25) is 0 Å². The van der Waals surface area contributed by atoms with Crippen molar-refractivity contribution in [2.75, 3.05) is 26.8 Å². The van der Waals surface area contributed by atoms with Gasteiger partial charge in [-0.2, -0.15) is 17.5 Å². The first-order valence-electron chi connectivity index (χ1n) is 6.91. The number of rotatable bonds is 4. The predicted octanol–water partition coefficient (Wildman–Crippen LogP) is 2.75. The molecule has 22 heavy (non-hydrogen) atoms. The topological polar surface area (TPSA) is 46.6 Å². The minimum absolute atomic E-state index is 0.290. The molecular formula is C14H18F3NO3S. The maximum atomic E-state index is 12.7. The standard InChI is InChI=1S/C14H18F3NO3S/c1-21-10-11-5-7-18(8-6-11)22(19,20)13-4-2-3-12(9-13)14(15,16)17/h2-4,9,11H,5-8,10H2,1H3. The summed E-state index contributed by atoms with van der Waals surface area (Å²) in [6.07, 6.45) is -3.27. The minimum atomic E-state index is -4.56. The van der Waals surface area contributed by atoms with E-state index in [1.165, 1.54) is 10.4 Å². The Morgan fingerprint density at radius 3 is 2.45 bits per heavy atom. The average Bonchev–Trinajstić information content (AvgIpc) is 2.47. The molecule has 0 saturated carbocycles. The number of benzene rings is 1. The van der Waals surface area contributed by atoms with Crippen molar-refractivity contribution < 1.29 is 26.3 Å². The van der Waals surface area contributed by atoms with Gasteiger partial charge in [0.05, 0.1) is 10.5 Å². The number of halogens is 3. The number of alkyl halides is 3. The van der Waals surface area contributed by atoms with Crippen LogP contribution in [0, 0.1) is 5.92 Å². The number of sulfonamides is 1. The molecule has 1 aromatic carbocycles. The molecule has 1 saturated heterocycles. The zero-order valence-electron chi connectivity index (χ0n) is 12.1. The second-order valence-corrected chi connectivity index (χ2v) is 7.27. The van der Waals surface area contributed by atoms with E-state index in [-0.39, 0.29) is 10.8 Å². The highest BCUT2D eigenvalue weighted by Gasteiger charge is 2.34. The summed E-state index contributed by atoms with van der Waals surface area (Å²) in [4.78, 5) is -0.312. The molecule has 1 fully saturated rings. The molecule has 0 radical (unpaired) electrons. The minimum Gasteiger partial charge on any atom is -0.384 e. The average molecular weight is 337 g/mol. The molecule has 0 N–H and O–H groups in total. The van der Waals surface area contributed by atoms with Crippen LogP contribution in [0.5, 0.6) is 0 Å². The zero-order chi connectivity index (χ0) is 16.4. The first-order valence-corrected chi connectivity index (χ1v) is 8.35. The van der Waals surface area contributed by atoms with E-state index in [0.717, 1.165) is 12.1 Å². The fourth-order valence-corrected chi connectivity index (χ4v) is 4.05. The lowest BCUT2D eigenvalue weighted by molar-refractivity contribution is -0.137. The lowest BCUT2D eigenvalue weighted by atomic mass is 9.99. The van der Waals surface area contributed by atoms with Crippen LogP contribution in [0.15, 0.2) is 29.2 Å². The highest BCUT2D eigenvalue weighted by molar-refractivity contribution is 7.89. The molecule has 0 spiro atoms. The van der Waals surface area contributed by atoms with Crippen molar-refractivity contribution in [1.29, 1.82) is 0 Å². The van der Waals surface area contributed by atoms with Crippen LogP contribution in [-0.2, 0) is 20.9 Å². The van der Waals surface area contributed by atoms with Crippen molar-refractivity contribution in [3.63, 3.8) is 0 Å². The van der Waals surface area contributed by atoms with Gasteiger partial charge in [-0.05, 0) is 37.0 Å². The molecule has 1 heterocycles. The fraction of sp³-hybridized carbons (Fsp3) is 0.571. The van der Waals surface area contributed by atoms with Crippen LogP contribution in [0.4, 0.5) is 13.2 Å². The molecule has 2 rings (SSSR count). The van der Waals surface area contributed by atoms with Crippen LogP contribution >= 0.6 is 0 Å². The number of methoxy groups -OCH3 is 1. The van der Waals surface area contributed by atoms with Gasteiger partial charge in [0.15, 0.2) is 0 Å². The van der Waals surface area contributed by atoms with Gasteiger partial charge in [0.1, 0.15) is 0 Å². The molecule has 8 heteroatoms. The maximum Gasteiger partial charge on any atom is 0.416 e. The fourth-order valence-electron chi connectivity index (χ4n) is 2.53. The Kier molecular flexibility index (Phi) is 5.14. The van der Waals surface area contributed by atoms with Gasteiger partial charge < -0.3 is 4.74 Å². The second kappa shape index (κ2) is 6.55. The van der Waals surface area contributed by atoms with Gasteiger partial charge in [-0.15, -0.1) is 0 Å². The summed E-state index contributed by atoms with van der Waals surface area (Å²) in [5.41, 5.74) is -0.956. The SMILES string of the molecule is COCC1CCN(S(=O)(=O)c2cccc(C(F)(F)F)c2)CC1. The first-order chi connectivity index (χ1) is 10.2. The molecular weight excluding hydrogens is 319 g/mol. The zero-order valence-corrected chi connectivity index (χ0v) is 13.0. The highest BCUT2D eigenvalue weighted by atomic mass is 32.2. The summed E-state index contributed by atoms with van der Waals surface area (Å²) in [6, 6.07) is 3.87. The van der Waals surface area contributed by atoms with Gasteiger partial charge in [-0.1, -0.05) is 6.07 Å². The van der Waals surface area contributed by atoms with Crippen LogP contribution in [0.1, 0.15) is 18.4 Å². The van der Waals surface area contributed by atoms with Crippen LogP contribution < -0.4 is 0 Å². The Bertz CT molecular complexity index is 608. The summed E-state index contributed by atoms with van der Waals surface area (Å²) >= 11 is 0. The van der Waals surface area contributed by atoms with E-state index in [1.54, 1.807) is 7.11 Å². The highest BCUT2D eigenvalue weighted by Crippen LogP contribution is 2.32. The molecule has 1 aliphatic rings. The smallest absolute Gasteiger partial charge is 0.384 e. The quantitative estimate of drug-likeness (QED) is 0.849. The Morgan fingerprint density at radius 1 is 1.27 bits per heavy atom. The number of hydrogen-bond donors (Lipinski definition) is 0. The van der Waals surface area contributed by atoms with Crippen molar-refractivity contribution in [3.05, 3.63) is 29.8 Å². The summed E-state index contributed by atoms with van der Waals surface area (Å²) in [6.45, 7) is 1.16. The lowest BCUT2D eigenvalue weighted by Crippen LogP contribution is -2.39. The molecule has 1 aliphatic heterocycles. The summed E-state index contributed by atoms with van der Waals surface area (Å²) in [5, 5.41) is 0. The van der Waals surface area contributed by atoms with Gasteiger partial charge in [0.25, 0.3) is 0 Å². The third kappa shape index (κ3) is 3.80. The second-order valence-electron chi connectivity index (χ2n) is 5.33. The van der Waals surface area contributed by atoms with Gasteiger partial charge in [0, 0.05) is 26.8 Å². The predicted molar refractivity (Wildman–Crippen MR) is 74.8 cm³/mol. The summed E-state index contributed by atoms with van der Waals surface area (Å²) < 4.78 is 69.3. The molecule has 4 nitrogen and oxygen atoms in total. The number of hydrogen-bond acceptors (Lipinski definition) is 3. The van der Waals surface area contributed by atoms with Crippen molar-refractivity contribution in [2.45, 2.75) is 23.9 Å². The van der Waals surface area contributed by atoms with E-state index in [9.17, 15) is 21.6 Å². The molecule has 0 atom stereocenters. The lowest BCUT2D eigenvalue weighted by Gasteiger charge is -2.30. The first kappa shape index (κ1) is 17.2. The van der Waals surface area contributed by atoms with Gasteiger partial charge >= 0.3 is 6.18 Å². The normalized spacial score (nSPS) is 18.5. The molecule has 0 amide bonds. The van der Waals surface area contributed by atoms with E-state index < -0.39 is 21.8 Å². The maximum absolute atomic E-state index is 12.7. The monoisotopic (exact) mass is 337 g/mol. The third-order valence-corrected chi connectivity index (χ3v) is 5.67. The number of piperidine rings is 1. The van der Waals surface area contributed by atoms with E-state index in [2.05, 4.69) is 0 Å². The molecule has 0 bridgehead atoms. The number of ether oxygens (including phenoxy) is 1. The van der Waals surface area contributed by atoms with Crippen molar-refractivity contribution in [3.8, 4) is 0 Å². The summed E-state index contributed by atoms with van der Waals surface area (Å²) in [7, 11) is -2.30. The Balaban J connectivity index is 2.18. The molecule has 0 unspecified atom stereocenters. The summed E-state index contributed by atoms with van der Waals surface area (Å²) in [5.74, 6) is 0.290. The van der Waals surface area contributed by atoms with Crippen LogP contribution in [0.3, 0.4) is 0 Å². The Labute approximate surface area is 127 Å². The Hall–Kier alpha value is -1.12. The van der Waals surface area contributed by atoms with E-state index >= 15 is 0 Å². The van der Waals surface area contributed by atoms with Gasteiger partial charge in [0.2, 0.25) is 10.0 Å². The van der Waals surface area contributed by atoms with Crippen molar-refractivity contribution in [2.24, 2.45) is 5.92 Å². The van der Waals surface area contributed by atoms with Crippen LogP contribution in [0.25, 0.3) is 0 Å². The van der Waals surface area contributed by atoms with E-state index in [1.807, 2.05) is 0 Å². The van der Waals surface area contributed by atoms with E-state index in [4.69, 9.17) is 4.74 Å². The molecule has 0 aliphatic carbocycles. The van der Waals surface area contributed by atoms with Crippen molar-refractivity contribution >= 4 is 10.0 Å². The number of nitrogens with zero attached hydrogens (tertiary/aromatic N) is 1. The van der Waals surface area contributed by atoms with Crippen molar-refractivity contribution in [1.82, 2.24) is 4.31 Å².